The number of benzene rings is 1. The van der Waals surface area contributed by atoms with Gasteiger partial charge in [0.2, 0.25) is 5.78 Å². The third kappa shape index (κ3) is 2.28. The van der Waals surface area contributed by atoms with Crippen LogP contribution in [0, 0.1) is 0 Å². The summed E-state index contributed by atoms with van der Waals surface area (Å²) < 4.78 is 29.8. The van der Waals surface area contributed by atoms with Crippen LogP contribution in [0.5, 0.6) is 5.75 Å². The largest absolute Gasteiger partial charge is 0.482 e. The molecule has 0 spiro atoms. The number of hydrogen-bond donors (Lipinski definition) is 1. The number of amides is 1. The van der Waals surface area contributed by atoms with Crippen LogP contribution in [0.1, 0.15) is 10.4 Å². The molecule has 1 amide bonds. The third-order valence-corrected chi connectivity index (χ3v) is 2.82. The Morgan fingerprint density at radius 3 is 2.82 bits per heavy atom. The maximum absolute atomic E-state index is 12.3. The summed E-state index contributed by atoms with van der Waals surface area (Å²) in [5.74, 6) is -1.42. The van der Waals surface area contributed by atoms with E-state index in [1.807, 2.05) is 0 Å². The highest BCUT2D eigenvalue weighted by molar-refractivity contribution is 9.10. The molecular formula is C10H6BrF2NO3. The van der Waals surface area contributed by atoms with Crippen molar-refractivity contribution >= 4 is 33.3 Å². The number of halogens is 3. The molecule has 0 aliphatic carbocycles. The first-order valence-electron chi connectivity index (χ1n) is 4.57. The number of ether oxygens (including phenoxy) is 1. The number of carbonyl (C=O) groups is 2. The van der Waals surface area contributed by atoms with Gasteiger partial charge in [0.05, 0.1) is 5.69 Å². The first kappa shape index (κ1) is 12.0. The Bertz CT molecular complexity index is 505. The number of hydrogen-bond acceptors (Lipinski definition) is 3. The second-order valence-corrected chi connectivity index (χ2v) is 4.18. The van der Waals surface area contributed by atoms with Crippen LogP contribution in [0.15, 0.2) is 16.6 Å². The fourth-order valence-electron chi connectivity index (χ4n) is 1.41. The van der Waals surface area contributed by atoms with Crippen molar-refractivity contribution in [1.82, 2.24) is 0 Å². The van der Waals surface area contributed by atoms with Crippen molar-refractivity contribution in [3.8, 4) is 5.75 Å². The number of Topliss-reactive ketones (excluding diaryl/α,β-unsaturated/α-hetero) is 1. The van der Waals surface area contributed by atoms with E-state index in [-0.39, 0.29) is 28.3 Å². The molecule has 90 valence electrons. The van der Waals surface area contributed by atoms with Crippen molar-refractivity contribution in [2.45, 2.75) is 6.43 Å². The van der Waals surface area contributed by atoms with Gasteiger partial charge in [-0.3, -0.25) is 9.59 Å². The maximum atomic E-state index is 12.3. The van der Waals surface area contributed by atoms with Gasteiger partial charge in [-0.1, -0.05) is 0 Å². The zero-order chi connectivity index (χ0) is 12.6. The van der Waals surface area contributed by atoms with Crippen molar-refractivity contribution in [2.75, 3.05) is 11.9 Å². The van der Waals surface area contributed by atoms with Crippen LogP contribution in [0.2, 0.25) is 0 Å². The standard InChI is InChI=1S/C10H6BrF2NO3/c11-5-2-6-7(17-3-8(15)14-6)1-4(5)9(16)10(12)13/h1-2,10H,3H2,(H,14,15). The van der Waals surface area contributed by atoms with Crippen LogP contribution >= 0.6 is 15.9 Å². The van der Waals surface area contributed by atoms with E-state index < -0.39 is 12.2 Å². The molecule has 1 aliphatic rings. The molecule has 0 unspecified atom stereocenters. The summed E-state index contributed by atoms with van der Waals surface area (Å²) in [6.07, 6.45) is -3.08. The molecule has 0 radical (unpaired) electrons. The fourth-order valence-corrected chi connectivity index (χ4v) is 1.95. The van der Waals surface area contributed by atoms with E-state index >= 15 is 0 Å². The third-order valence-electron chi connectivity index (χ3n) is 2.17. The summed E-state index contributed by atoms with van der Waals surface area (Å²) in [6, 6.07) is 2.55. The number of carbonyl (C=O) groups excluding carboxylic acids is 2. The Kier molecular flexibility index (Phi) is 3.10. The van der Waals surface area contributed by atoms with Crippen molar-refractivity contribution in [2.24, 2.45) is 0 Å². The number of fused-ring (bicyclic) bond motifs is 1. The van der Waals surface area contributed by atoms with E-state index in [4.69, 9.17) is 4.74 Å². The van der Waals surface area contributed by atoms with Gasteiger partial charge in [-0.2, -0.15) is 0 Å². The van der Waals surface area contributed by atoms with Crippen molar-refractivity contribution in [1.29, 1.82) is 0 Å². The highest BCUT2D eigenvalue weighted by Crippen LogP contribution is 2.34. The van der Waals surface area contributed by atoms with E-state index in [2.05, 4.69) is 21.2 Å². The molecular weight excluding hydrogens is 300 g/mol. The summed E-state index contributed by atoms with van der Waals surface area (Å²) in [5.41, 5.74) is 0.175. The summed E-state index contributed by atoms with van der Waals surface area (Å²) in [4.78, 5) is 22.2. The van der Waals surface area contributed by atoms with E-state index in [9.17, 15) is 18.4 Å². The number of alkyl halides is 2. The van der Waals surface area contributed by atoms with Gasteiger partial charge in [0.25, 0.3) is 5.91 Å². The lowest BCUT2D eigenvalue weighted by Crippen LogP contribution is -2.25. The van der Waals surface area contributed by atoms with E-state index in [0.29, 0.717) is 5.69 Å². The molecule has 1 aromatic rings. The number of rotatable bonds is 2. The lowest BCUT2D eigenvalue weighted by Gasteiger charge is -2.19. The van der Waals surface area contributed by atoms with Gasteiger partial charge in [0.1, 0.15) is 5.75 Å². The van der Waals surface area contributed by atoms with Gasteiger partial charge in [0, 0.05) is 10.0 Å². The van der Waals surface area contributed by atoms with Crippen molar-refractivity contribution in [3.63, 3.8) is 0 Å². The molecule has 0 fully saturated rings. The topological polar surface area (TPSA) is 55.4 Å². The minimum atomic E-state index is -3.08. The molecule has 2 rings (SSSR count). The molecule has 1 N–H and O–H groups in total. The van der Waals surface area contributed by atoms with Crippen LogP contribution in [0.4, 0.5) is 14.5 Å². The second kappa shape index (κ2) is 4.40. The first-order chi connectivity index (χ1) is 7.99. The number of nitrogens with one attached hydrogen (secondary N) is 1. The van der Waals surface area contributed by atoms with Crippen molar-refractivity contribution < 1.29 is 23.1 Å². The van der Waals surface area contributed by atoms with Gasteiger partial charge in [-0.05, 0) is 28.1 Å². The average molecular weight is 306 g/mol. The maximum Gasteiger partial charge on any atom is 0.300 e. The summed E-state index contributed by atoms with van der Waals surface area (Å²) in [7, 11) is 0. The van der Waals surface area contributed by atoms with Gasteiger partial charge < -0.3 is 10.1 Å². The average Bonchev–Trinajstić information content (AvgIpc) is 2.27. The van der Waals surface area contributed by atoms with Gasteiger partial charge in [-0.25, -0.2) is 8.78 Å². The van der Waals surface area contributed by atoms with E-state index in [1.54, 1.807) is 0 Å². The normalized spacial score (nSPS) is 14.0. The summed E-state index contributed by atoms with van der Waals surface area (Å²) >= 11 is 3.00. The van der Waals surface area contributed by atoms with Crippen LogP contribution in [0.3, 0.4) is 0 Å². The molecule has 1 aromatic carbocycles. The highest BCUT2D eigenvalue weighted by Gasteiger charge is 2.24. The Morgan fingerprint density at radius 2 is 2.18 bits per heavy atom. The molecule has 0 saturated carbocycles. The monoisotopic (exact) mass is 305 g/mol. The van der Waals surface area contributed by atoms with Crippen LogP contribution < -0.4 is 10.1 Å². The SMILES string of the molecule is O=C1COc2cc(C(=O)C(F)F)c(Br)cc2N1. The van der Waals surface area contributed by atoms with Gasteiger partial charge in [-0.15, -0.1) is 0 Å². The molecule has 0 saturated heterocycles. The van der Waals surface area contributed by atoms with Crippen LogP contribution in [-0.2, 0) is 4.79 Å². The first-order valence-corrected chi connectivity index (χ1v) is 5.37. The van der Waals surface area contributed by atoms with Gasteiger partial charge >= 0.3 is 6.43 Å². The van der Waals surface area contributed by atoms with E-state index in [0.717, 1.165) is 0 Å². The second-order valence-electron chi connectivity index (χ2n) is 3.33. The lowest BCUT2D eigenvalue weighted by molar-refractivity contribution is -0.118. The Hall–Kier alpha value is -1.50. The minimum absolute atomic E-state index is 0.171. The molecule has 7 heteroatoms. The minimum Gasteiger partial charge on any atom is -0.482 e. The predicted octanol–water partition coefficient (Wildman–Crippen LogP) is 2.23. The molecule has 4 nitrogen and oxygen atoms in total. The fraction of sp³-hybridized carbons (Fsp3) is 0.200. The quantitative estimate of drug-likeness (QED) is 0.853. The Morgan fingerprint density at radius 1 is 1.47 bits per heavy atom. The molecule has 0 aromatic heterocycles. The zero-order valence-corrected chi connectivity index (χ0v) is 9.88. The van der Waals surface area contributed by atoms with Crippen molar-refractivity contribution in [3.05, 3.63) is 22.2 Å². The molecule has 1 aliphatic heterocycles. The summed E-state index contributed by atoms with van der Waals surface area (Å²) in [6.45, 7) is -0.197. The van der Waals surface area contributed by atoms with Gasteiger partial charge in [0.15, 0.2) is 6.61 Å². The summed E-state index contributed by atoms with van der Waals surface area (Å²) in [5, 5.41) is 2.50. The Labute approximate surface area is 103 Å². The van der Waals surface area contributed by atoms with E-state index in [1.165, 1.54) is 12.1 Å². The van der Waals surface area contributed by atoms with Crippen LogP contribution in [0.25, 0.3) is 0 Å². The molecule has 1 heterocycles. The highest BCUT2D eigenvalue weighted by atomic mass is 79.9. The molecule has 0 bridgehead atoms. The lowest BCUT2D eigenvalue weighted by atomic mass is 10.1. The van der Waals surface area contributed by atoms with Crippen LogP contribution in [-0.4, -0.2) is 24.7 Å². The number of ketones is 1. The molecule has 17 heavy (non-hydrogen) atoms. The smallest absolute Gasteiger partial charge is 0.300 e. The zero-order valence-electron chi connectivity index (χ0n) is 8.30. The predicted molar refractivity (Wildman–Crippen MR) is 58.6 cm³/mol. The number of anilines is 1. The molecule has 0 atom stereocenters. The Balaban J connectivity index is 2.44.